The highest BCUT2D eigenvalue weighted by Crippen LogP contribution is 2.31. The van der Waals surface area contributed by atoms with Crippen LogP contribution in [0.5, 0.6) is 0 Å². The fourth-order valence-electron chi connectivity index (χ4n) is 3.93. The van der Waals surface area contributed by atoms with Crippen molar-refractivity contribution in [2.45, 2.75) is 68.2 Å². The van der Waals surface area contributed by atoms with Crippen LogP contribution in [-0.2, 0) is 44.7 Å². The van der Waals surface area contributed by atoms with E-state index >= 15 is 0 Å². The third kappa shape index (κ3) is 7.04. The zero-order valence-electron chi connectivity index (χ0n) is 20.8. The highest BCUT2D eigenvalue weighted by atomic mass is 32.2. The highest BCUT2D eigenvalue weighted by Gasteiger charge is 2.44. The summed E-state index contributed by atoms with van der Waals surface area (Å²) in [4.78, 5) is -0.0907. The summed E-state index contributed by atoms with van der Waals surface area (Å²) in [5.41, 5.74) is 2.68. The molecule has 1 heterocycles. The summed E-state index contributed by atoms with van der Waals surface area (Å²) in [6.07, 6.45) is -4.17. The van der Waals surface area contributed by atoms with Gasteiger partial charge in [-0.05, 0) is 50.6 Å². The molecule has 0 aromatic heterocycles. The smallest absolute Gasteiger partial charge is 0.297 e. The quantitative estimate of drug-likeness (QED) is 0.361. The van der Waals surface area contributed by atoms with Gasteiger partial charge in [-0.25, -0.2) is 0 Å². The first-order valence-electron chi connectivity index (χ1n) is 11.8. The third-order valence-corrected chi connectivity index (χ3v) is 8.68. The Morgan fingerprint density at radius 1 is 0.757 bits per heavy atom. The van der Waals surface area contributed by atoms with Crippen molar-refractivity contribution in [3.63, 3.8) is 0 Å². The van der Waals surface area contributed by atoms with Crippen molar-refractivity contribution in [1.82, 2.24) is 0 Å². The van der Waals surface area contributed by atoms with E-state index in [2.05, 4.69) is 0 Å². The van der Waals surface area contributed by atoms with E-state index in [1.54, 1.807) is 31.2 Å². The zero-order valence-corrected chi connectivity index (χ0v) is 22.4. The molecule has 0 bridgehead atoms. The van der Waals surface area contributed by atoms with E-state index in [1.165, 1.54) is 24.3 Å². The van der Waals surface area contributed by atoms with Gasteiger partial charge in [-0.1, -0.05) is 65.7 Å². The Morgan fingerprint density at radius 2 is 1.27 bits per heavy atom. The summed E-state index contributed by atoms with van der Waals surface area (Å²) >= 11 is 0. The molecule has 1 aliphatic heterocycles. The molecule has 1 saturated heterocycles. The molecule has 0 amide bonds. The van der Waals surface area contributed by atoms with E-state index in [4.69, 9.17) is 17.8 Å². The number of hydrogen-bond donors (Lipinski definition) is 0. The van der Waals surface area contributed by atoms with Gasteiger partial charge in [0, 0.05) is 6.42 Å². The number of benzene rings is 3. The fraction of sp³-hybridized carbons (Fsp3) is 0.333. The van der Waals surface area contributed by atoms with Gasteiger partial charge in [0.1, 0.15) is 12.2 Å². The van der Waals surface area contributed by atoms with Gasteiger partial charge in [0.05, 0.1) is 22.5 Å². The Morgan fingerprint density at radius 3 is 1.81 bits per heavy atom. The maximum Gasteiger partial charge on any atom is 0.297 e. The van der Waals surface area contributed by atoms with Gasteiger partial charge in [0.2, 0.25) is 0 Å². The highest BCUT2D eigenvalue weighted by molar-refractivity contribution is 7.87. The first kappa shape index (κ1) is 27.4. The van der Waals surface area contributed by atoms with Gasteiger partial charge >= 0.3 is 0 Å². The molecule has 1 fully saturated rings. The van der Waals surface area contributed by atoms with Gasteiger partial charge in [0.25, 0.3) is 20.2 Å². The van der Waals surface area contributed by atoms with E-state index in [9.17, 15) is 16.8 Å². The van der Waals surface area contributed by atoms with Crippen LogP contribution in [0.4, 0.5) is 0 Å². The van der Waals surface area contributed by atoms with Crippen LogP contribution in [0.1, 0.15) is 30.0 Å². The van der Waals surface area contributed by atoms with Gasteiger partial charge in [0.15, 0.2) is 6.29 Å². The molecular formula is C27H30O8S2. The molecule has 0 spiro atoms. The third-order valence-electron chi connectivity index (χ3n) is 6.01. The Hall–Kier alpha value is -2.60. The van der Waals surface area contributed by atoms with Crippen LogP contribution in [0.2, 0.25) is 0 Å². The maximum absolute atomic E-state index is 13.1. The Balaban J connectivity index is 1.58. The minimum Gasteiger partial charge on any atom is -0.348 e. The van der Waals surface area contributed by atoms with Crippen molar-refractivity contribution < 1.29 is 34.7 Å². The predicted octanol–water partition coefficient (Wildman–Crippen LogP) is 4.50. The molecular weight excluding hydrogens is 516 g/mol. The number of hydrogen-bond acceptors (Lipinski definition) is 8. The molecule has 1 aliphatic rings. The maximum atomic E-state index is 13.1. The van der Waals surface area contributed by atoms with Crippen LogP contribution in [-0.4, -0.2) is 41.4 Å². The lowest BCUT2D eigenvalue weighted by Crippen LogP contribution is -2.51. The van der Waals surface area contributed by atoms with E-state index < -0.39 is 44.8 Å². The molecule has 0 saturated carbocycles. The molecule has 10 heteroatoms. The van der Waals surface area contributed by atoms with E-state index in [0.717, 1.165) is 16.7 Å². The van der Waals surface area contributed by atoms with Crippen LogP contribution < -0.4 is 0 Å². The number of ether oxygens (including phenoxy) is 2. The summed E-state index contributed by atoms with van der Waals surface area (Å²) in [7, 11) is -8.47. The van der Waals surface area contributed by atoms with Crippen molar-refractivity contribution in [2.75, 3.05) is 0 Å². The van der Waals surface area contributed by atoms with Crippen molar-refractivity contribution in [3.8, 4) is 0 Å². The Labute approximate surface area is 218 Å². The minimum atomic E-state index is -4.24. The normalized spacial score (nSPS) is 22.6. The van der Waals surface area contributed by atoms with Crippen molar-refractivity contribution >= 4 is 20.2 Å². The van der Waals surface area contributed by atoms with E-state index in [-0.39, 0.29) is 22.8 Å². The molecule has 0 unspecified atom stereocenters. The molecule has 0 radical (unpaired) electrons. The van der Waals surface area contributed by atoms with Crippen LogP contribution >= 0.6 is 0 Å². The lowest BCUT2D eigenvalue weighted by molar-refractivity contribution is -0.240. The summed E-state index contributed by atoms with van der Waals surface area (Å²) in [6, 6.07) is 21.8. The van der Waals surface area contributed by atoms with Crippen molar-refractivity contribution in [2.24, 2.45) is 0 Å². The zero-order chi connectivity index (χ0) is 26.6. The number of rotatable bonds is 9. The summed E-state index contributed by atoms with van der Waals surface area (Å²) in [5, 5.41) is 0. The topological polar surface area (TPSA) is 105 Å². The Kier molecular flexibility index (Phi) is 8.47. The molecule has 0 aliphatic carbocycles. The second kappa shape index (κ2) is 11.4. The van der Waals surface area contributed by atoms with Gasteiger partial charge in [-0.3, -0.25) is 8.37 Å². The minimum absolute atomic E-state index is 0.0425. The average Bonchev–Trinajstić information content (AvgIpc) is 2.86. The van der Waals surface area contributed by atoms with Gasteiger partial charge in [-0.2, -0.15) is 16.8 Å². The summed E-state index contributed by atoms with van der Waals surface area (Å²) < 4.78 is 75.3. The van der Waals surface area contributed by atoms with Gasteiger partial charge in [-0.15, -0.1) is 0 Å². The second-order valence-corrected chi connectivity index (χ2v) is 12.2. The predicted molar refractivity (Wildman–Crippen MR) is 137 cm³/mol. The van der Waals surface area contributed by atoms with Crippen LogP contribution in [0, 0.1) is 13.8 Å². The molecule has 37 heavy (non-hydrogen) atoms. The molecule has 3 aromatic carbocycles. The lowest BCUT2D eigenvalue weighted by Gasteiger charge is -2.38. The molecule has 198 valence electrons. The number of aryl methyl sites for hydroxylation is 2. The first-order chi connectivity index (χ1) is 17.5. The van der Waals surface area contributed by atoms with Crippen molar-refractivity contribution in [1.29, 1.82) is 0 Å². The average molecular weight is 547 g/mol. The summed E-state index contributed by atoms with van der Waals surface area (Å²) in [5.74, 6) is 0. The van der Waals surface area contributed by atoms with Gasteiger partial charge < -0.3 is 9.47 Å². The lowest BCUT2D eigenvalue weighted by atomic mass is 10.0. The first-order valence-corrected chi connectivity index (χ1v) is 14.7. The molecule has 0 N–H and O–H groups in total. The second-order valence-electron chi connectivity index (χ2n) is 9.03. The molecule has 4 rings (SSSR count). The fourth-order valence-corrected chi connectivity index (χ4v) is 6.18. The van der Waals surface area contributed by atoms with E-state index in [0.29, 0.717) is 0 Å². The summed E-state index contributed by atoms with van der Waals surface area (Å²) in [6.45, 7) is 5.50. The van der Waals surface area contributed by atoms with E-state index in [1.807, 2.05) is 44.2 Å². The molecule has 8 nitrogen and oxygen atoms in total. The standard InChI is InChI=1S/C27H30O8S2/c1-19-9-13-23(14-10-19)36(28,29)34-25-17-26(32-18-22-7-5-4-6-8-22)33-21(3)27(25)35-37(30,31)24-15-11-20(2)12-16-24/h4-16,21,25-27H,17-18H2,1-3H3/t21-,25-,26+,27-/m1/s1. The van der Waals surface area contributed by atoms with Crippen LogP contribution in [0.15, 0.2) is 88.7 Å². The molecule has 4 atom stereocenters. The Bertz CT molecular complexity index is 1390. The monoisotopic (exact) mass is 546 g/mol. The largest absolute Gasteiger partial charge is 0.348 e. The molecule has 3 aromatic rings. The van der Waals surface area contributed by atoms with Crippen LogP contribution in [0.3, 0.4) is 0 Å². The van der Waals surface area contributed by atoms with Crippen LogP contribution in [0.25, 0.3) is 0 Å². The van der Waals surface area contributed by atoms with Crippen molar-refractivity contribution in [3.05, 3.63) is 95.6 Å². The SMILES string of the molecule is Cc1ccc(S(=O)(=O)O[C@@H]2[C@@H](C)O[C@H](OCc3ccccc3)C[C@H]2OS(=O)(=O)c2ccc(C)cc2)cc1.